The summed E-state index contributed by atoms with van der Waals surface area (Å²) in [7, 11) is 0. The van der Waals surface area contributed by atoms with Gasteiger partial charge in [0.2, 0.25) is 0 Å². The largest absolute Gasteiger partial charge is 3.00 e. The number of carbonyl (C=O) groups is 3. The van der Waals surface area contributed by atoms with Gasteiger partial charge in [-0.05, 0) is 56.3 Å². The second kappa shape index (κ2) is 30.4. The Morgan fingerprint density at radius 3 is 0.812 bits per heavy atom. The van der Waals surface area contributed by atoms with Crippen molar-refractivity contribution in [2.45, 2.75) is 119 Å². The number of hydrogen-bond acceptors (Lipinski definition) is 6. The summed E-state index contributed by atoms with van der Waals surface area (Å²) in [6, 6.07) is 0. The Morgan fingerprint density at radius 2 is 0.719 bits per heavy atom. The monoisotopic (exact) mass is 514 g/mol. The third-order valence-electron chi connectivity index (χ3n) is 5.20. The van der Waals surface area contributed by atoms with Gasteiger partial charge in [-0.1, -0.05) is 80.1 Å². The van der Waals surface area contributed by atoms with Crippen LogP contribution in [0.3, 0.4) is 0 Å². The minimum Gasteiger partial charge on any atom is -0.550 e. The molecule has 190 valence electrons. The van der Waals surface area contributed by atoms with Crippen molar-refractivity contribution in [2.75, 3.05) is 0 Å². The molecule has 0 saturated heterocycles. The Hall–Kier alpha value is -0.564. The fraction of sp³-hybridized carbons (Fsp3) is 0.875. The van der Waals surface area contributed by atoms with E-state index in [1.54, 1.807) is 0 Å². The van der Waals surface area contributed by atoms with Crippen LogP contribution in [-0.2, 0) is 30.9 Å². The van der Waals surface area contributed by atoms with Gasteiger partial charge in [-0.2, -0.15) is 0 Å². The SMILES string of the molecule is CCCCC(CC)C(=O)[O-].CCCCC(CC)C(=O)[O-].CCCCC(CC)C(=O)[O-].[Al+3].[Ni]. The van der Waals surface area contributed by atoms with Crippen molar-refractivity contribution >= 4 is 35.3 Å². The number of hydrogen-bond donors (Lipinski definition) is 0. The average Bonchev–Trinajstić information content (AvgIpc) is 2.70. The molecular formula is C24H45AlNiO6. The zero-order valence-corrected chi connectivity index (χ0v) is 23.2. The molecule has 0 heterocycles. The van der Waals surface area contributed by atoms with E-state index in [1.165, 1.54) is 0 Å². The van der Waals surface area contributed by atoms with E-state index in [9.17, 15) is 29.7 Å². The predicted molar refractivity (Wildman–Crippen MR) is 121 cm³/mol. The molecule has 0 aliphatic rings. The predicted octanol–water partition coefficient (Wildman–Crippen LogP) is 2.47. The quantitative estimate of drug-likeness (QED) is 0.309. The van der Waals surface area contributed by atoms with Crippen LogP contribution < -0.4 is 15.3 Å². The summed E-state index contributed by atoms with van der Waals surface area (Å²) >= 11 is 0. The molecule has 8 heteroatoms. The summed E-state index contributed by atoms with van der Waals surface area (Å²) in [5, 5.41) is 31.0. The van der Waals surface area contributed by atoms with Gasteiger partial charge in [0.1, 0.15) is 0 Å². The van der Waals surface area contributed by atoms with E-state index in [-0.39, 0.29) is 51.6 Å². The molecule has 0 amide bonds. The fourth-order valence-corrected chi connectivity index (χ4v) is 2.82. The summed E-state index contributed by atoms with van der Waals surface area (Å²) in [4.78, 5) is 31.0. The molecule has 0 spiro atoms. The summed E-state index contributed by atoms with van der Waals surface area (Å²) in [6.45, 7) is 11.8. The molecule has 0 aromatic heterocycles. The molecule has 0 aliphatic carbocycles. The molecule has 0 rings (SSSR count). The molecule has 3 unspecified atom stereocenters. The second-order valence-corrected chi connectivity index (χ2v) is 7.70. The van der Waals surface area contributed by atoms with Crippen LogP contribution in [0.1, 0.15) is 119 Å². The van der Waals surface area contributed by atoms with E-state index in [4.69, 9.17) is 0 Å². The molecule has 0 fully saturated rings. The molecule has 6 nitrogen and oxygen atoms in total. The third kappa shape index (κ3) is 27.5. The molecule has 0 aromatic rings. The molecule has 0 aromatic carbocycles. The standard InChI is InChI=1S/3C8H16O2.Al.Ni/c3*1-3-5-6-7(4-2)8(9)10;;/h3*7H,3-6H2,1-2H3,(H,9,10);;/q;;;+3;/p-3. The molecule has 0 aliphatic heterocycles. The van der Waals surface area contributed by atoms with Gasteiger partial charge in [0.15, 0.2) is 0 Å². The first-order valence-corrected chi connectivity index (χ1v) is 11.8. The first kappa shape index (κ1) is 41.7. The van der Waals surface area contributed by atoms with Crippen LogP contribution in [0.25, 0.3) is 0 Å². The first-order chi connectivity index (χ1) is 14.2. The van der Waals surface area contributed by atoms with Gasteiger partial charge in [0.05, 0.1) is 0 Å². The van der Waals surface area contributed by atoms with Crippen molar-refractivity contribution in [1.82, 2.24) is 0 Å². The Kier molecular flexibility index (Phi) is 39.6. The Bertz CT molecular complexity index is 373. The molecule has 0 bridgehead atoms. The maximum Gasteiger partial charge on any atom is 3.00 e. The van der Waals surface area contributed by atoms with Gasteiger partial charge in [-0.25, -0.2) is 0 Å². The van der Waals surface area contributed by atoms with Crippen LogP contribution in [0, 0.1) is 17.8 Å². The fourth-order valence-electron chi connectivity index (χ4n) is 2.82. The third-order valence-corrected chi connectivity index (χ3v) is 5.20. The molecule has 32 heavy (non-hydrogen) atoms. The van der Waals surface area contributed by atoms with Gasteiger partial charge in [-0.3, -0.25) is 0 Å². The van der Waals surface area contributed by atoms with E-state index in [2.05, 4.69) is 20.8 Å². The van der Waals surface area contributed by atoms with Crippen molar-refractivity contribution < 1.29 is 46.2 Å². The van der Waals surface area contributed by atoms with Crippen molar-refractivity contribution in [3.63, 3.8) is 0 Å². The van der Waals surface area contributed by atoms with Crippen LogP contribution in [-0.4, -0.2) is 35.3 Å². The van der Waals surface area contributed by atoms with Crippen molar-refractivity contribution in [3.8, 4) is 0 Å². The molecular weight excluding hydrogens is 470 g/mol. The number of carboxylic acids is 3. The van der Waals surface area contributed by atoms with Crippen LogP contribution >= 0.6 is 0 Å². The maximum atomic E-state index is 10.3. The van der Waals surface area contributed by atoms with Crippen molar-refractivity contribution in [3.05, 3.63) is 0 Å². The van der Waals surface area contributed by atoms with Gasteiger partial charge in [-0.15, -0.1) is 0 Å². The zero-order valence-electron chi connectivity index (χ0n) is 21.1. The van der Waals surface area contributed by atoms with Gasteiger partial charge >= 0.3 is 17.4 Å². The van der Waals surface area contributed by atoms with E-state index in [0.29, 0.717) is 19.3 Å². The topological polar surface area (TPSA) is 120 Å². The van der Waals surface area contributed by atoms with Crippen LogP contribution in [0.4, 0.5) is 0 Å². The van der Waals surface area contributed by atoms with Gasteiger partial charge in [0.25, 0.3) is 0 Å². The van der Waals surface area contributed by atoms with Gasteiger partial charge in [0, 0.05) is 34.4 Å². The van der Waals surface area contributed by atoms with Crippen molar-refractivity contribution in [2.24, 2.45) is 17.8 Å². The molecule has 3 atom stereocenters. The second-order valence-electron chi connectivity index (χ2n) is 7.70. The number of aliphatic carboxylic acids is 3. The molecule has 0 saturated carbocycles. The minimum atomic E-state index is -0.893. The van der Waals surface area contributed by atoms with Crippen molar-refractivity contribution in [1.29, 1.82) is 0 Å². The van der Waals surface area contributed by atoms with Crippen LogP contribution in [0.5, 0.6) is 0 Å². The number of rotatable bonds is 15. The Balaban J connectivity index is -0.000000110. The Morgan fingerprint density at radius 1 is 0.531 bits per heavy atom. The summed E-state index contributed by atoms with van der Waals surface area (Å²) in [5.74, 6) is -3.34. The maximum absolute atomic E-state index is 10.3. The van der Waals surface area contributed by atoms with Crippen LogP contribution in [0.15, 0.2) is 0 Å². The summed E-state index contributed by atoms with van der Waals surface area (Å²) in [6.07, 6.45) is 10.6. The summed E-state index contributed by atoms with van der Waals surface area (Å²) < 4.78 is 0. The number of carbonyl (C=O) groups excluding carboxylic acids is 3. The van der Waals surface area contributed by atoms with E-state index < -0.39 is 17.9 Å². The minimum absolute atomic E-state index is 0. The smallest absolute Gasteiger partial charge is 0.550 e. The zero-order chi connectivity index (χ0) is 23.9. The van der Waals surface area contributed by atoms with Gasteiger partial charge < -0.3 is 29.7 Å². The molecule has 0 N–H and O–H groups in total. The summed E-state index contributed by atoms with van der Waals surface area (Å²) in [5.41, 5.74) is 0. The van der Waals surface area contributed by atoms with Crippen LogP contribution in [0.2, 0.25) is 0 Å². The normalized spacial score (nSPS) is 12.2. The average molecular weight is 515 g/mol. The number of unbranched alkanes of at least 4 members (excludes halogenated alkanes) is 3. The number of carboxylic acid groups (broad SMARTS) is 3. The van der Waals surface area contributed by atoms with E-state index in [1.807, 2.05) is 20.8 Å². The first-order valence-electron chi connectivity index (χ1n) is 11.8. The van der Waals surface area contributed by atoms with E-state index in [0.717, 1.165) is 57.8 Å². The Labute approximate surface area is 217 Å². The molecule has 0 radical (unpaired) electrons. The van der Waals surface area contributed by atoms with E-state index >= 15 is 0 Å².